The van der Waals surface area contributed by atoms with Gasteiger partial charge >= 0.3 is 0 Å². The van der Waals surface area contributed by atoms with Crippen molar-refractivity contribution in [1.82, 2.24) is 15.1 Å². The van der Waals surface area contributed by atoms with Crippen LogP contribution < -0.4 is 5.32 Å². The molecule has 0 aromatic rings. The van der Waals surface area contributed by atoms with Gasteiger partial charge in [-0.3, -0.25) is 0 Å². The van der Waals surface area contributed by atoms with Gasteiger partial charge in [-0.15, -0.1) is 0 Å². The van der Waals surface area contributed by atoms with Gasteiger partial charge in [-0.25, -0.2) is 0 Å². The van der Waals surface area contributed by atoms with Crippen molar-refractivity contribution in [2.24, 2.45) is 0 Å². The Balaban J connectivity index is 2.05. The van der Waals surface area contributed by atoms with E-state index in [4.69, 9.17) is 0 Å². The van der Waals surface area contributed by atoms with Crippen molar-refractivity contribution in [3.8, 4) is 0 Å². The van der Waals surface area contributed by atoms with E-state index in [-0.39, 0.29) is 0 Å². The topological polar surface area (TPSA) is 18.5 Å². The highest BCUT2D eigenvalue weighted by molar-refractivity contribution is 4.76. The third-order valence-corrected chi connectivity index (χ3v) is 2.62. The molecule has 1 saturated heterocycles. The minimum Gasteiger partial charge on any atom is -0.313 e. The van der Waals surface area contributed by atoms with Crippen molar-refractivity contribution < 1.29 is 0 Å². The molecule has 0 unspecified atom stereocenters. The van der Waals surface area contributed by atoms with Crippen LogP contribution in [0.15, 0.2) is 0 Å². The SMILES string of the molecule is CN(C)CCN(C)C[C@@H]1CCCN1. The molecule has 1 heterocycles. The summed E-state index contributed by atoms with van der Waals surface area (Å²) in [7, 11) is 6.47. The molecule has 1 fully saturated rings. The van der Waals surface area contributed by atoms with Crippen LogP contribution in [0.2, 0.25) is 0 Å². The molecule has 1 N–H and O–H groups in total. The molecule has 0 amide bonds. The largest absolute Gasteiger partial charge is 0.313 e. The molecule has 13 heavy (non-hydrogen) atoms. The Morgan fingerprint density at radius 2 is 2.00 bits per heavy atom. The second-order valence-corrected chi connectivity index (χ2v) is 4.36. The average Bonchev–Trinajstić information content (AvgIpc) is 2.53. The first-order valence-corrected chi connectivity index (χ1v) is 5.25. The predicted octanol–water partition coefficient (Wildman–Crippen LogP) is 0.232. The highest BCUT2D eigenvalue weighted by Gasteiger charge is 2.15. The van der Waals surface area contributed by atoms with Crippen LogP contribution in [0.4, 0.5) is 0 Å². The third-order valence-electron chi connectivity index (χ3n) is 2.62. The summed E-state index contributed by atoms with van der Waals surface area (Å²) in [6, 6.07) is 0.743. The zero-order valence-electron chi connectivity index (χ0n) is 9.21. The summed E-state index contributed by atoms with van der Waals surface area (Å²) >= 11 is 0. The Morgan fingerprint density at radius 3 is 2.54 bits per heavy atom. The first-order chi connectivity index (χ1) is 6.18. The van der Waals surface area contributed by atoms with Crippen LogP contribution >= 0.6 is 0 Å². The fourth-order valence-corrected chi connectivity index (χ4v) is 1.75. The van der Waals surface area contributed by atoms with Crippen molar-refractivity contribution in [3.05, 3.63) is 0 Å². The van der Waals surface area contributed by atoms with E-state index in [0.29, 0.717) is 0 Å². The molecule has 0 aromatic carbocycles. The van der Waals surface area contributed by atoms with Crippen LogP contribution in [0.5, 0.6) is 0 Å². The maximum Gasteiger partial charge on any atom is 0.0195 e. The van der Waals surface area contributed by atoms with Crippen LogP contribution in [0, 0.1) is 0 Å². The first-order valence-electron chi connectivity index (χ1n) is 5.25. The van der Waals surface area contributed by atoms with Gasteiger partial charge in [0.2, 0.25) is 0 Å². The van der Waals surface area contributed by atoms with E-state index in [2.05, 4.69) is 36.3 Å². The lowest BCUT2D eigenvalue weighted by Crippen LogP contribution is -2.38. The van der Waals surface area contributed by atoms with Crippen LogP contribution in [-0.4, -0.2) is 63.2 Å². The summed E-state index contributed by atoms with van der Waals surface area (Å²) in [5, 5.41) is 3.52. The molecule has 3 heteroatoms. The Bertz CT molecular complexity index is 130. The summed E-state index contributed by atoms with van der Waals surface area (Å²) in [5.41, 5.74) is 0. The molecular weight excluding hydrogens is 162 g/mol. The molecule has 0 aliphatic carbocycles. The highest BCUT2D eigenvalue weighted by Crippen LogP contribution is 2.05. The van der Waals surface area contributed by atoms with Crippen LogP contribution in [-0.2, 0) is 0 Å². The Kier molecular flexibility index (Phi) is 4.70. The molecule has 0 bridgehead atoms. The minimum absolute atomic E-state index is 0.743. The molecule has 1 aliphatic rings. The van der Waals surface area contributed by atoms with Gasteiger partial charge in [-0.05, 0) is 40.5 Å². The zero-order valence-corrected chi connectivity index (χ0v) is 9.21. The molecule has 0 aromatic heterocycles. The molecule has 3 nitrogen and oxygen atoms in total. The van der Waals surface area contributed by atoms with E-state index in [9.17, 15) is 0 Å². The first kappa shape index (κ1) is 11.0. The fourth-order valence-electron chi connectivity index (χ4n) is 1.75. The molecule has 1 aliphatic heterocycles. The molecule has 0 saturated carbocycles. The predicted molar refractivity (Wildman–Crippen MR) is 57.1 cm³/mol. The van der Waals surface area contributed by atoms with Gasteiger partial charge in [-0.2, -0.15) is 0 Å². The fraction of sp³-hybridized carbons (Fsp3) is 1.00. The van der Waals surface area contributed by atoms with Crippen molar-refractivity contribution in [2.75, 3.05) is 47.3 Å². The van der Waals surface area contributed by atoms with Gasteiger partial charge in [0.05, 0.1) is 0 Å². The maximum absolute atomic E-state index is 3.52. The van der Waals surface area contributed by atoms with E-state index in [1.54, 1.807) is 0 Å². The summed E-state index contributed by atoms with van der Waals surface area (Å²) in [6.45, 7) is 4.74. The third kappa shape index (κ3) is 4.60. The van der Waals surface area contributed by atoms with Gasteiger partial charge in [0.15, 0.2) is 0 Å². The van der Waals surface area contributed by atoms with Gasteiger partial charge in [0, 0.05) is 25.7 Å². The number of rotatable bonds is 5. The number of nitrogens with zero attached hydrogens (tertiary/aromatic N) is 2. The Hall–Kier alpha value is -0.120. The van der Waals surface area contributed by atoms with E-state index >= 15 is 0 Å². The number of hydrogen-bond donors (Lipinski definition) is 1. The summed E-state index contributed by atoms with van der Waals surface area (Å²) in [6.07, 6.45) is 2.71. The Labute approximate surface area is 82.1 Å². The molecule has 1 rings (SSSR count). The summed E-state index contributed by atoms with van der Waals surface area (Å²) < 4.78 is 0. The van der Waals surface area contributed by atoms with E-state index < -0.39 is 0 Å². The normalized spacial score (nSPS) is 23.3. The van der Waals surface area contributed by atoms with Crippen molar-refractivity contribution in [1.29, 1.82) is 0 Å². The second-order valence-electron chi connectivity index (χ2n) is 4.36. The highest BCUT2D eigenvalue weighted by atomic mass is 15.2. The second kappa shape index (κ2) is 5.58. The van der Waals surface area contributed by atoms with Crippen molar-refractivity contribution in [2.45, 2.75) is 18.9 Å². The molecule has 1 atom stereocenters. The summed E-state index contributed by atoms with van der Waals surface area (Å²) in [4.78, 5) is 4.65. The van der Waals surface area contributed by atoms with Crippen LogP contribution in [0.3, 0.4) is 0 Å². The monoisotopic (exact) mass is 185 g/mol. The van der Waals surface area contributed by atoms with E-state index in [1.807, 2.05) is 0 Å². The number of nitrogens with one attached hydrogen (secondary N) is 1. The van der Waals surface area contributed by atoms with Gasteiger partial charge < -0.3 is 15.1 Å². The van der Waals surface area contributed by atoms with Gasteiger partial charge in [-0.1, -0.05) is 0 Å². The lowest BCUT2D eigenvalue weighted by molar-refractivity contribution is 0.262. The summed E-state index contributed by atoms with van der Waals surface area (Å²) in [5.74, 6) is 0. The Morgan fingerprint density at radius 1 is 1.23 bits per heavy atom. The smallest absolute Gasteiger partial charge is 0.0195 e. The molecule has 78 valence electrons. The number of hydrogen-bond acceptors (Lipinski definition) is 3. The minimum atomic E-state index is 0.743. The quantitative estimate of drug-likeness (QED) is 0.661. The molecular formula is C10H23N3. The lowest BCUT2D eigenvalue weighted by atomic mass is 10.2. The van der Waals surface area contributed by atoms with Crippen molar-refractivity contribution in [3.63, 3.8) is 0 Å². The average molecular weight is 185 g/mol. The molecule has 0 spiro atoms. The lowest BCUT2D eigenvalue weighted by Gasteiger charge is -2.22. The van der Waals surface area contributed by atoms with E-state index in [1.165, 1.54) is 32.5 Å². The number of likely N-dealkylation sites (N-methyl/N-ethyl adjacent to an activating group) is 2. The van der Waals surface area contributed by atoms with E-state index in [0.717, 1.165) is 12.6 Å². The van der Waals surface area contributed by atoms with Crippen LogP contribution in [0.25, 0.3) is 0 Å². The van der Waals surface area contributed by atoms with Gasteiger partial charge in [0.25, 0.3) is 0 Å². The molecule has 0 radical (unpaired) electrons. The van der Waals surface area contributed by atoms with Crippen molar-refractivity contribution >= 4 is 0 Å². The maximum atomic E-state index is 3.52. The van der Waals surface area contributed by atoms with Gasteiger partial charge in [0.1, 0.15) is 0 Å². The standard InChI is InChI=1S/C10H23N3/c1-12(2)7-8-13(3)9-10-5-4-6-11-10/h10-11H,4-9H2,1-3H3/t10-/m0/s1. The van der Waals surface area contributed by atoms with Crippen LogP contribution in [0.1, 0.15) is 12.8 Å². The zero-order chi connectivity index (χ0) is 9.68.